The molecule has 1 atom stereocenters. The number of para-hydroxylation sites is 5. The van der Waals surface area contributed by atoms with E-state index < -0.39 is 17.2 Å². The molecule has 0 bridgehead atoms. The highest BCUT2D eigenvalue weighted by Crippen LogP contribution is 2.63. The van der Waals surface area contributed by atoms with Gasteiger partial charge in [-0.3, -0.25) is 0 Å². The van der Waals surface area contributed by atoms with Crippen LogP contribution in [-0.4, -0.2) is 0 Å². The molecule has 1 unspecified atom stereocenters. The van der Waals surface area contributed by atoms with Crippen molar-refractivity contribution in [2.75, 3.05) is 4.90 Å². The number of halogens is 3. The van der Waals surface area contributed by atoms with Crippen LogP contribution in [-0.2, 0) is 36.3 Å². The standard InChI is InChI=1S/C73H58F3NO2/c1-6-45-21-8-9-23-47(45)36-39-50(51-25-17-26-53-54-27-18-33-64(73(74,75)76)69(54)79-68(51)53)48-37-40-58-56(42-48)57-43-49(38-41-59(57)72(58)62-31-13-11-29-60(62)71(4,5)61-30-12-14-32-63(61)72)77(65-34-15-10-22-46(65)7-2)66-35-19-28-55-52-24-16-20-44(3)67(52)78-70(55)66/h8-35,37-38,40-43,50H,6-7,36,39H2,1-5H3. The fourth-order valence-corrected chi connectivity index (χ4v) is 14.1. The molecule has 0 aliphatic heterocycles. The first-order chi connectivity index (χ1) is 38.4. The summed E-state index contributed by atoms with van der Waals surface area (Å²) < 4.78 is 57.8. The van der Waals surface area contributed by atoms with E-state index in [1.54, 1.807) is 6.07 Å². The average molecular weight is 1040 g/mol. The van der Waals surface area contributed by atoms with Gasteiger partial charge in [-0.05, 0) is 135 Å². The van der Waals surface area contributed by atoms with E-state index in [1.807, 2.05) is 12.1 Å². The van der Waals surface area contributed by atoms with Crippen LogP contribution in [0.3, 0.4) is 0 Å². The number of alkyl halides is 3. The summed E-state index contributed by atoms with van der Waals surface area (Å²) >= 11 is 0. The largest absolute Gasteiger partial charge is 0.455 e. The Morgan fingerprint density at radius 2 is 1.00 bits per heavy atom. The number of hydrogen-bond donors (Lipinski definition) is 0. The van der Waals surface area contributed by atoms with Gasteiger partial charge in [-0.2, -0.15) is 13.2 Å². The third-order valence-corrected chi connectivity index (χ3v) is 17.8. The Morgan fingerprint density at radius 3 is 1.70 bits per heavy atom. The quantitative estimate of drug-likeness (QED) is 0.137. The predicted octanol–water partition coefficient (Wildman–Crippen LogP) is 20.2. The molecule has 2 aliphatic carbocycles. The van der Waals surface area contributed by atoms with Gasteiger partial charge in [0.1, 0.15) is 16.7 Å². The van der Waals surface area contributed by atoms with Crippen LogP contribution in [0, 0.1) is 6.92 Å². The van der Waals surface area contributed by atoms with Crippen molar-refractivity contribution in [1.82, 2.24) is 0 Å². The Morgan fingerprint density at radius 1 is 0.468 bits per heavy atom. The van der Waals surface area contributed by atoms with Gasteiger partial charge in [0.25, 0.3) is 0 Å². The number of nitrogens with zero attached hydrogens (tertiary/aromatic N) is 1. The zero-order chi connectivity index (χ0) is 54.0. The molecule has 0 saturated carbocycles. The summed E-state index contributed by atoms with van der Waals surface area (Å²) in [4.78, 5) is 2.39. The van der Waals surface area contributed by atoms with Crippen molar-refractivity contribution in [3.63, 3.8) is 0 Å². The van der Waals surface area contributed by atoms with E-state index in [2.05, 4.69) is 215 Å². The molecule has 2 heterocycles. The van der Waals surface area contributed by atoms with Crippen molar-refractivity contribution in [3.8, 4) is 11.1 Å². The molecule has 388 valence electrons. The molecule has 14 rings (SSSR count). The second kappa shape index (κ2) is 18.2. The molecule has 6 heteroatoms. The maximum Gasteiger partial charge on any atom is 0.420 e. The number of fused-ring (bicyclic) bond motifs is 15. The molecule has 0 fully saturated rings. The number of benzene rings is 10. The van der Waals surface area contributed by atoms with Crippen molar-refractivity contribution in [1.29, 1.82) is 0 Å². The van der Waals surface area contributed by atoms with Crippen molar-refractivity contribution in [2.45, 2.75) is 83.2 Å². The molecule has 0 saturated heterocycles. The lowest BCUT2D eigenvalue weighted by atomic mass is 9.55. The van der Waals surface area contributed by atoms with Gasteiger partial charge in [0, 0.05) is 49.8 Å². The third kappa shape index (κ3) is 7.26. The Balaban J connectivity index is 1.05. The minimum atomic E-state index is -4.59. The molecule has 79 heavy (non-hydrogen) atoms. The van der Waals surface area contributed by atoms with Gasteiger partial charge in [0.15, 0.2) is 5.58 Å². The summed E-state index contributed by atoms with van der Waals surface area (Å²) in [7, 11) is 0. The Kier molecular flexibility index (Phi) is 11.3. The highest BCUT2D eigenvalue weighted by atomic mass is 19.4. The van der Waals surface area contributed by atoms with Gasteiger partial charge in [-0.25, -0.2) is 0 Å². The predicted molar refractivity (Wildman–Crippen MR) is 317 cm³/mol. The Labute approximate surface area is 458 Å². The lowest BCUT2D eigenvalue weighted by molar-refractivity contribution is -0.136. The lowest BCUT2D eigenvalue weighted by Gasteiger charge is -2.46. The second-order valence-electron chi connectivity index (χ2n) is 22.2. The Bertz CT molecular complexity index is 4370. The molecule has 10 aromatic carbocycles. The molecular formula is C73H58F3NO2. The van der Waals surface area contributed by atoms with Gasteiger partial charge in [-0.15, -0.1) is 0 Å². The third-order valence-electron chi connectivity index (χ3n) is 17.8. The minimum absolute atomic E-state index is 0.134. The molecule has 3 nitrogen and oxygen atoms in total. The highest BCUT2D eigenvalue weighted by molar-refractivity contribution is 6.11. The van der Waals surface area contributed by atoms with Crippen LogP contribution in [0.5, 0.6) is 0 Å². The first-order valence-corrected chi connectivity index (χ1v) is 27.8. The highest BCUT2D eigenvalue weighted by Gasteiger charge is 2.53. The molecule has 2 aliphatic rings. The molecule has 0 N–H and O–H groups in total. The first kappa shape index (κ1) is 48.7. The SMILES string of the molecule is CCc1ccccc1CCC(c1ccc2c(c1)-c1cc(N(c3ccccc3CC)c3cccc4c3oc3c(C)cccc34)ccc1C21c2ccccc2C(C)(C)c2ccccc21)c1cccc2c1oc1c(C(F)(F)F)cccc12. The summed E-state index contributed by atoms with van der Waals surface area (Å²) in [6.07, 6.45) is -1.42. The number of aryl methyl sites for hydroxylation is 4. The van der Waals surface area contributed by atoms with Crippen LogP contribution in [0.2, 0.25) is 0 Å². The number of rotatable bonds is 10. The van der Waals surface area contributed by atoms with Crippen molar-refractivity contribution < 1.29 is 22.0 Å². The average Bonchev–Trinajstić information content (AvgIpc) is 3.45. The van der Waals surface area contributed by atoms with Crippen molar-refractivity contribution in [3.05, 3.63) is 279 Å². The van der Waals surface area contributed by atoms with E-state index in [9.17, 15) is 13.2 Å². The maximum absolute atomic E-state index is 14.7. The second-order valence-corrected chi connectivity index (χ2v) is 22.2. The molecular weight excluding hydrogens is 980 g/mol. The van der Waals surface area contributed by atoms with E-state index in [0.717, 1.165) is 92.1 Å². The topological polar surface area (TPSA) is 29.5 Å². The summed E-state index contributed by atoms with van der Waals surface area (Å²) in [5, 5.41) is 3.28. The normalized spacial score (nSPS) is 14.4. The fraction of sp³-hybridized carbons (Fsp3) is 0.178. The van der Waals surface area contributed by atoms with E-state index >= 15 is 0 Å². The van der Waals surface area contributed by atoms with E-state index in [-0.39, 0.29) is 16.9 Å². The fourth-order valence-electron chi connectivity index (χ4n) is 14.1. The zero-order valence-corrected chi connectivity index (χ0v) is 44.9. The zero-order valence-electron chi connectivity index (χ0n) is 44.9. The van der Waals surface area contributed by atoms with Crippen LogP contribution >= 0.6 is 0 Å². The number of furan rings is 2. The molecule has 1 spiro atoms. The van der Waals surface area contributed by atoms with Crippen LogP contribution in [0.15, 0.2) is 215 Å². The first-order valence-electron chi connectivity index (χ1n) is 27.8. The van der Waals surface area contributed by atoms with Crippen LogP contribution in [0.25, 0.3) is 55.0 Å². The van der Waals surface area contributed by atoms with E-state index in [4.69, 9.17) is 8.83 Å². The minimum Gasteiger partial charge on any atom is -0.455 e. The van der Waals surface area contributed by atoms with Crippen LogP contribution < -0.4 is 4.90 Å². The van der Waals surface area contributed by atoms with Crippen LogP contribution in [0.4, 0.5) is 30.2 Å². The van der Waals surface area contributed by atoms with Gasteiger partial charge in [0.2, 0.25) is 0 Å². The molecule has 2 aromatic heterocycles. The molecule has 0 amide bonds. The maximum atomic E-state index is 14.7. The van der Waals surface area contributed by atoms with E-state index in [1.165, 1.54) is 56.1 Å². The number of hydrogen-bond acceptors (Lipinski definition) is 3. The van der Waals surface area contributed by atoms with Gasteiger partial charge >= 0.3 is 6.18 Å². The molecule has 0 radical (unpaired) electrons. The van der Waals surface area contributed by atoms with Crippen molar-refractivity contribution in [2.24, 2.45) is 0 Å². The van der Waals surface area contributed by atoms with Gasteiger partial charge < -0.3 is 13.7 Å². The van der Waals surface area contributed by atoms with Gasteiger partial charge in [0.05, 0.1) is 16.7 Å². The smallest absolute Gasteiger partial charge is 0.420 e. The summed E-state index contributed by atoms with van der Waals surface area (Å²) in [5.74, 6) is -0.260. The lowest BCUT2D eigenvalue weighted by Crippen LogP contribution is -2.40. The number of anilines is 3. The Hall–Kier alpha value is -8.61. The van der Waals surface area contributed by atoms with Crippen molar-refractivity contribution >= 4 is 60.9 Å². The van der Waals surface area contributed by atoms with Gasteiger partial charge in [-0.1, -0.05) is 204 Å². The van der Waals surface area contributed by atoms with E-state index in [0.29, 0.717) is 22.8 Å². The summed E-state index contributed by atoms with van der Waals surface area (Å²) in [5.41, 5.74) is 19.8. The summed E-state index contributed by atoms with van der Waals surface area (Å²) in [6, 6.07) is 72.6. The monoisotopic (exact) mass is 1040 g/mol. The van der Waals surface area contributed by atoms with Crippen LogP contribution in [0.1, 0.15) is 112 Å². The molecule has 12 aromatic rings. The summed E-state index contributed by atoms with van der Waals surface area (Å²) in [6.45, 7) is 11.2.